The van der Waals surface area contributed by atoms with Crippen LogP contribution in [0.4, 0.5) is 10.5 Å². The van der Waals surface area contributed by atoms with Crippen molar-refractivity contribution >= 4 is 76.2 Å². The summed E-state index contributed by atoms with van der Waals surface area (Å²) in [6, 6.07) is 3.49. The maximum Gasteiger partial charge on any atom is 0.412 e. The summed E-state index contributed by atoms with van der Waals surface area (Å²) in [6.45, 7) is 5.42. The average molecular weight is 459 g/mol. The molecule has 0 aliphatic rings. The Kier molecular flexibility index (Phi) is 5.23. The normalized spacial score (nSPS) is 11.7. The van der Waals surface area contributed by atoms with Crippen LogP contribution in [0.2, 0.25) is 10.0 Å². The molecule has 1 heterocycles. The topological polar surface area (TPSA) is 43.3 Å². The Morgan fingerprint density at radius 1 is 1.43 bits per heavy atom. The van der Waals surface area contributed by atoms with Crippen LogP contribution in [-0.2, 0) is 4.74 Å². The van der Waals surface area contributed by atoms with E-state index in [-0.39, 0.29) is 0 Å². The second-order valence-electron chi connectivity index (χ2n) is 5.32. The lowest BCUT2D eigenvalue weighted by molar-refractivity contribution is 0.0636. The maximum absolute atomic E-state index is 11.9. The number of amides is 1. The molecule has 1 amide bonds. The highest BCUT2D eigenvalue weighted by Crippen LogP contribution is 2.39. The number of fused-ring (bicyclic) bond motifs is 1. The molecule has 8 heteroatoms. The van der Waals surface area contributed by atoms with Crippen LogP contribution >= 0.6 is 53.5 Å². The van der Waals surface area contributed by atoms with Gasteiger partial charge in [-0.25, -0.2) is 4.79 Å². The minimum atomic E-state index is -0.566. The van der Waals surface area contributed by atoms with Crippen molar-refractivity contribution in [2.24, 2.45) is 0 Å². The molecule has 0 fully saturated rings. The Bertz CT molecular complexity index is 698. The van der Waals surface area contributed by atoms with Gasteiger partial charge in [0.25, 0.3) is 0 Å². The molecule has 2 aromatic rings. The molecule has 0 unspecified atom stereocenters. The molecule has 4 nitrogen and oxygen atoms in total. The zero-order valence-electron chi connectivity index (χ0n) is 11.5. The summed E-state index contributed by atoms with van der Waals surface area (Å²) in [7, 11) is 1.47. The number of hydrogen-bond donors (Lipinski definition) is 1. The van der Waals surface area contributed by atoms with Crippen molar-refractivity contribution in [3.8, 4) is 0 Å². The lowest BCUT2D eigenvalue weighted by Crippen LogP contribution is -2.27. The minimum Gasteiger partial charge on any atom is -0.444 e. The number of rotatable bonds is 2. The molecule has 0 aliphatic heterocycles. The van der Waals surface area contributed by atoms with Crippen LogP contribution in [-0.4, -0.2) is 15.7 Å². The monoisotopic (exact) mass is 458 g/mol. The number of carbonyl (C=O) groups is 1. The Morgan fingerprint density at radius 2 is 2.10 bits per heavy atom. The molecular weight excluding hydrogens is 446 g/mol. The van der Waals surface area contributed by atoms with E-state index in [0.717, 1.165) is 10.9 Å². The summed E-state index contributed by atoms with van der Waals surface area (Å²) < 4.78 is 7.13. The van der Waals surface area contributed by atoms with Gasteiger partial charge in [-0.15, -0.1) is 0 Å². The number of ether oxygens (including phenoxy) is 1. The lowest BCUT2D eigenvalue weighted by atomic mass is 10.2. The fourth-order valence-corrected chi connectivity index (χ4v) is 3.65. The number of halogens is 3. The van der Waals surface area contributed by atoms with Crippen molar-refractivity contribution in [1.82, 2.24) is 3.97 Å². The van der Waals surface area contributed by atoms with Gasteiger partial charge < -0.3 is 4.74 Å². The van der Waals surface area contributed by atoms with E-state index in [9.17, 15) is 4.79 Å². The summed E-state index contributed by atoms with van der Waals surface area (Å²) in [4.78, 5) is 11.9. The van der Waals surface area contributed by atoms with E-state index in [2.05, 4.69) is 26.5 Å². The molecule has 0 radical (unpaired) electrons. The second-order valence-corrected chi connectivity index (χ2v) is 7.82. The van der Waals surface area contributed by atoms with Crippen molar-refractivity contribution in [1.29, 1.82) is 0 Å². The van der Waals surface area contributed by atoms with E-state index in [1.807, 2.05) is 16.2 Å². The zero-order chi connectivity index (χ0) is 15.8. The minimum absolute atomic E-state index is 0.376. The largest absolute Gasteiger partial charge is 0.444 e. The third-order valence-corrected chi connectivity index (χ3v) is 5.04. The molecule has 0 saturated heterocycles. The van der Waals surface area contributed by atoms with Gasteiger partial charge in [-0.3, -0.25) is 9.29 Å². The molecule has 2 rings (SSSR count). The van der Waals surface area contributed by atoms with Gasteiger partial charge in [0, 0.05) is 41.9 Å². The number of aromatic nitrogens is 1. The first-order chi connectivity index (χ1) is 9.73. The summed E-state index contributed by atoms with van der Waals surface area (Å²) >= 11 is 14.5. The van der Waals surface area contributed by atoms with Gasteiger partial charge in [-0.2, -0.15) is 0 Å². The van der Waals surface area contributed by atoms with Crippen LogP contribution in [0, 0.1) is 0 Å². The van der Waals surface area contributed by atoms with Crippen molar-refractivity contribution in [3.63, 3.8) is 0 Å². The van der Waals surface area contributed by atoms with Crippen LogP contribution < -0.4 is 5.32 Å². The second kappa shape index (κ2) is 6.44. The van der Waals surface area contributed by atoms with Crippen molar-refractivity contribution < 1.29 is 9.53 Å². The number of carbonyl (C=O) groups excluding carboxylic acids is 1. The predicted octanol–water partition coefficient (Wildman–Crippen LogP) is 6.14. The van der Waals surface area contributed by atoms with Gasteiger partial charge in [0.2, 0.25) is 0 Å². The molecule has 0 bridgehead atoms. The molecule has 0 atom stereocenters. The maximum atomic E-state index is 11.9. The molecule has 1 N–H and O–H groups in total. The molecular formula is C13H13Cl2IN2O2S. The first kappa shape index (κ1) is 17.1. The Morgan fingerprint density at radius 3 is 2.67 bits per heavy atom. The van der Waals surface area contributed by atoms with Gasteiger partial charge in [-0.05, 0) is 32.9 Å². The standard InChI is InChI=1S/C13H13Cl2IN2O2S/c1-13(2,3)20-12(19)17-9-6-8(14)10(15)11-7(9)4-5-18(11)21-16/h4-6H,1-3H3,(H,17,19). The highest BCUT2D eigenvalue weighted by Gasteiger charge is 2.19. The van der Waals surface area contributed by atoms with Crippen LogP contribution in [0.3, 0.4) is 0 Å². The summed E-state index contributed by atoms with van der Waals surface area (Å²) in [5.74, 6) is 0. The van der Waals surface area contributed by atoms with Crippen molar-refractivity contribution in [2.45, 2.75) is 26.4 Å². The van der Waals surface area contributed by atoms with E-state index in [1.165, 1.54) is 9.12 Å². The number of nitrogens with one attached hydrogen (secondary N) is 1. The Hall–Kier alpha value is -0.310. The molecule has 0 spiro atoms. The third-order valence-electron chi connectivity index (χ3n) is 2.54. The molecule has 1 aromatic carbocycles. The van der Waals surface area contributed by atoms with Gasteiger partial charge in [-0.1, -0.05) is 23.2 Å². The highest BCUT2D eigenvalue weighted by molar-refractivity contribution is 14.2. The molecule has 0 saturated carbocycles. The first-order valence-electron chi connectivity index (χ1n) is 6.01. The zero-order valence-corrected chi connectivity index (χ0v) is 16.0. The van der Waals surface area contributed by atoms with Crippen LogP contribution in [0.25, 0.3) is 10.9 Å². The average Bonchev–Trinajstić information content (AvgIpc) is 2.77. The molecule has 1 aromatic heterocycles. The van der Waals surface area contributed by atoms with E-state index in [4.69, 9.17) is 27.9 Å². The number of hydrogen-bond acceptors (Lipinski definition) is 3. The van der Waals surface area contributed by atoms with E-state index in [0.29, 0.717) is 15.7 Å². The van der Waals surface area contributed by atoms with Crippen LogP contribution in [0.1, 0.15) is 20.8 Å². The Labute approximate surface area is 149 Å². The summed E-state index contributed by atoms with van der Waals surface area (Å²) in [5.41, 5.74) is 0.760. The number of anilines is 1. The Balaban J connectivity index is 2.43. The molecule has 21 heavy (non-hydrogen) atoms. The van der Waals surface area contributed by atoms with Crippen LogP contribution in [0.15, 0.2) is 18.3 Å². The quantitative estimate of drug-likeness (QED) is 0.549. The van der Waals surface area contributed by atoms with E-state index < -0.39 is 11.7 Å². The first-order valence-corrected chi connectivity index (χ1v) is 10.1. The van der Waals surface area contributed by atoms with E-state index >= 15 is 0 Å². The number of nitrogens with zero attached hydrogens (tertiary/aromatic N) is 1. The predicted molar refractivity (Wildman–Crippen MR) is 98.8 cm³/mol. The lowest BCUT2D eigenvalue weighted by Gasteiger charge is -2.20. The van der Waals surface area contributed by atoms with E-state index in [1.54, 1.807) is 26.8 Å². The summed E-state index contributed by atoms with van der Waals surface area (Å²) in [5, 5.41) is 4.35. The SMILES string of the molecule is CC(C)(C)OC(=O)Nc1cc(Cl)c(Cl)c2c1ccn2SI. The van der Waals surface area contributed by atoms with Gasteiger partial charge >= 0.3 is 6.09 Å². The summed E-state index contributed by atoms with van der Waals surface area (Å²) in [6.07, 6.45) is 1.33. The highest BCUT2D eigenvalue weighted by atomic mass is 127. The third kappa shape index (κ3) is 3.91. The van der Waals surface area contributed by atoms with Gasteiger partial charge in [0.05, 0.1) is 21.2 Å². The fourth-order valence-electron chi connectivity index (χ4n) is 1.80. The smallest absolute Gasteiger partial charge is 0.412 e. The molecule has 114 valence electrons. The number of benzene rings is 1. The van der Waals surface area contributed by atoms with Crippen molar-refractivity contribution in [2.75, 3.05) is 5.32 Å². The van der Waals surface area contributed by atoms with Gasteiger partial charge in [0.15, 0.2) is 0 Å². The van der Waals surface area contributed by atoms with Crippen LogP contribution in [0.5, 0.6) is 0 Å². The fraction of sp³-hybridized carbons (Fsp3) is 0.308. The van der Waals surface area contributed by atoms with Gasteiger partial charge in [0.1, 0.15) is 5.60 Å². The van der Waals surface area contributed by atoms with Crippen molar-refractivity contribution in [3.05, 3.63) is 28.4 Å². The molecule has 0 aliphatic carbocycles.